The first-order valence-electron chi connectivity index (χ1n) is 7.42. The second-order valence-electron chi connectivity index (χ2n) is 5.61. The highest BCUT2D eigenvalue weighted by atomic mass is 35.5. The smallest absolute Gasteiger partial charge is 0.317 e. The molecule has 8 nitrogen and oxygen atoms in total. The van der Waals surface area contributed by atoms with Gasteiger partial charge in [0.2, 0.25) is 15.9 Å². The summed E-state index contributed by atoms with van der Waals surface area (Å²) in [6.45, 7) is 5.48. The highest BCUT2D eigenvalue weighted by Gasteiger charge is 2.17. The number of aryl methyl sites for hydroxylation is 1. The number of benzene rings is 1. The molecule has 0 aliphatic carbocycles. The summed E-state index contributed by atoms with van der Waals surface area (Å²) in [5, 5.41) is 16.6. The molecule has 0 saturated carbocycles. The summed E-state index contributed by atoms with van der Waals surface area (Å²) in [5.41, 5.74) is 1.74. The maximum atomic E-state index is 12.2. The SMILES string of the molecule is CCCN(CC(=O)O)CC(=O)Nc1cc(S(N)(=O)=O)cc(C)c1C.Cl. The van der Waals surface area contributed by atoms with Crippen molar-refractivity contribution < 1.29 is 23.1 Å². The number of sulfonamides is 1. The van der Waals surface area contributed by atoms with Crippen molar-refractivity contribution in [3.63, 3.8) is 0 Å². The van der Waals surface area contributed by atoms with Gasteiger partial charge in [0.1, 0.15) is 0 Å². The number of rotatable bonds is 8. The molecular formula is C15H24ClN3O5S. The Kier molecular flexibility index (Phi) is 9.06. The molecule has 0 aliphatic rings. The van der Waals surface area contributed by atoms with Crippen molar-refractivity contribution in [1.82, 2.24) is 4.90 Å². The Hall–Kier alpha value is -1.68. The Bertz CT molecular complexity index is 737. The average Bonchev–Trinajstić information content (AvgIpc) is 2.41. The summed E-state index contributed by atoms with van der Waals surface area (Å²) < 4.78 is 23.0. The molecule has 0 atom stereocenters. The molecule has 0 unspecified atom stereocenters. The van der Waals surface area contributed by atoms with Crippen molar-refractivity contribution in [1.29, 1.82) is 0 Å². The zero-order valence-electron chi connectivity index (χ0n) is 14.4. The molecular weight excluding hydrogens is 370 g/mol. The molecule has 25 heavy (non-hydrogen) atoms. The topological polar surface area (TPSA) is 130 Å². The summed E-state index contributed by atoms with van der Waals surface area (Å²) in [6.07, 6.45) is 0.708. The third-order valence-electron chi connectivity index (χ3n) is 3.51. The molecule has 1 amide bonds. The predicted molar refractivity (Wildman–Crippen MR) is 97.5 cm³/mol. The first-order chi connectivity index (χ1) is 11.0. The number of amides is 1. The van der Waals surface area contributed by atoms with Crippen LogP contribution in [0.25, 0.3) is 0 Å². The standard InChI is InChI=1S/C15H23N3O5S.ClH/c1-4-5-18(9-15(20)21)8-14(19)17-13-7-12(24(16,22)23)6-10(2)11(13)3;/h6-7H,4-5,8-9H2,1-3H3,(H,17,19)(H,20,21)(H2,16,22,23);1H. The predicted octanol–water partition coefficient (Wildman–Crippen LogP) is 1.11. The van der Waals surface area contributed by atoms with E-state index in [1.165, 1.54) is 17.0 Å². The Labute approximate surface area is 153 Å². The van der Waals surface area contributed by atoms with Crippen molar-refractivity contribution >= 4 is 40.0 Å². The number of carboxylic acid groups (broad SMARTS) is 1. The van der Waals surface area contributed by atoms with Crippen LogP contribution in [0.3, 0.4) is 0 Å². The number of primary sulfonamides is 1. The van der Waals surface area contributed by atoms with Crippen LogP contribution in [0.2, 0.25) is 0 Å². The van der Waals surface area contributed by atoms with Gasteiger partial charge in [-0.2, -0.15) is 0 Å². The van der Waals surface area contributed by atoms with E-state index in [0.717, 1.165) is 5.56 Å². The van der Waals surface area contributed by atoms with E-state index in [1.54, 1.807) is 13.8 Å². The minimum Gasteiger partial charge on any atom is -0.480 e. The number of carbonyl (C=O) groups is 2. The number of carbonyl (C=O) groups excluding carboxylic acids is 1. The number of nitrogens with two attached hydrogens (primary N) is 1. The fraction of sp³-hybridized carbons (Fsp3) is 0.467. The van der Waals surface area contributed by atoms with Gasteiger partial charge in [-0.3, -0.25) is 14.5 Å². The van der Waals surface area contributed by atoms with Crippen LogP contribution in [-0.2, 0) is 19.6 Å². The van der Waals surface area contributed by atoms with Gasteiger partial charge in [-0.1, -0.05) is 6.92 Å². The Morgan fingerprint density at radius 1 is 1.24 bits per heavy atom. The van der Waals surface area contributed by atoms with Gasteiger partial charge in [-0.15, -0.1) is 12.4 Å². The summed E-state index contributed by atoms with van der Waals surface area (Å²) in [6, 6.07) is 2.74. The van der Waals surface area contributed by atoms with E-state index in [9.17, 15) is 18.0 Å². The number of aliphatic carboxylic acids is 1. The van der Waals surface area contributed by atoms with Crippen molar-refractivity contribution in [3.05, 3.63) is 23.3 Å². The molecule has 1 aromatic carbocycles. The van der Waals surface area contributed by atoms with Gasteiger partial charge in [-0.25, -0.2) is 13.6 Å². The van der Waals surface area contributed by atoms with Crippen LogP contribution < -0.4 is 10.5 Å². The molecule has 0 fully saturated rings. The fourth-order valence-corrected chi connectivity index (χ4v) is 2.86. The molecule has 0 saturated heterocycles. The van der Waals surface area contributed by atoms with Gasteiger partial charge >= 0.3 is 5.97 Å². The highest BCUT2D eigenvalue weighted by Crippen LogP contribution is 2.23. The molecule has 1 aromatic rings. The van der Waals surface area contributed by atoms with Crippen LogP contribution in [0.4, 0.5) is 5.69 Å². The molecule has 1 rings (SSSR count). The number of anilines is 1. The Morgan fingerprint density at radius 2 is 1.84 bits per heavy atom. The van der Waals surface area contributed by atoms with E-state index in [1.807, 2.05) is 6.92 Å². The zero-order valence-corrected chi connectivity index (χ0v) is 16.0. The third kappa shape index (κ3) is 7.39. The second-order valence-corrected chi connectivity index (χ2v) is 7.17. The molecule has 0 bridgehead atoms. The van der Waals surface area contributed by atoms with Crippen LogP contribution in [0.5, 0.6) is 0 Å². The van der Waals surface area contributed by atoms with Crippen LogP contribution >= 0.6 is 12.4 Å². The van der Waals surface area contributed by atoms with Gasteiger partial charge in [0, 0.05) is 5.69 Å². The summed E-state index contributed by atoms with van der Waals surface area (Å²) >= 11 is 0. The first-order valence-corrected chi connectivity index (χ1v) is 8.97. The van der Waals surface area contributed by atoms with Crippen molar-refractivity contribution in [3.8, 4) is 0 Å². The van der Waals surface area contributed by atoms with Crippen LogP contribution in [0.1, 0.15) is 24.5 Å². The van der Waals surface area contributed by atoms with Gasteiger partial charge in [0.15, 0.2) is 0 Å². The average molecular weight is 394 g/mol. The lowest BCUT2D eigenvalue weighted by Gasteiger charge is -2.19. The number of hydrogen-bond donors (Lipinski definition) is 3. The van der Waals surface area contributed by atoms with E-state index in [4.69, 9.17) is 10.2 Å². The number of carboxylic acids is 1. The number of nitrogens with zero attached hydrogens (tertiary/aromatic N) is 1. The highest BCUT2D eigenvalue weighted by molar-refractivity contribution is 7.89. The molecule has 142 valence electrons. The molecule has 0 radical (unpaired) electrons. The van der Waals surface area contributed by atoms with Crippen LogP contribution in [0, 0.1) is 13.8 Å². The van der Waals surface area contributed by atoms with Crippen LogP contribution in [0.15, 0.2) is 17.0 Å². The molecule has 0 spiro atoms. The maximum absolute atomic E-state index is 12.2. The van der Waals surface area contributed by atoms with Gasteiger partial charge in [0.25, 0.3) is 0 Å². The zero-order chi connectivity index (χ0) is 18.5. The lowest BCUT2D eigenvalue weighted by Crippen LogP contribution is -2.37. The number of nitrogens with one attached hydrogen (secondary N) is 1. The minimum atomic E-state index is -3.89. The van der Waals surface area contributed by atoms with E-state index in [2.05, 4.69) is 5.32 Å². The van der Waals surface area contributed by atoms with Crippen LogP contribution in [-0.4, -0.2) is 49.9 Å². The van der Waals surface area contributed by atoms with Crippen molar-refractivity contribution in [2.45, 2.75) is 32.1 Å². The van der Waals surface area contributed by atoms with E-state index in [-0.39, 0.29) is 30.4 Å². The molecule has 0 heterocycles. The van der Waals surface area contributed by atoms with Crippen molar-refractivity contribution in [2.75, 3.05) is 25.0 Å². The normalized spacial score (nSPS) is 11.1. The number of hydrogen-bond acceptors (Lipinski definition) is 5. The van der Waals surface area contributed by atoms with Crippen molar-refractivity contribution in [2.24, 2.45) is 5.14 Å². The Balaban J connectivity index is 0.00000576. The summed E-state index contributed by atoms with van der Waals surface area (Å²) in [4.78, 5) is 24.4. The van der Waals surface area contributed by atoms with Gasteiger partial charge in [0.05, 0.1) is 18.0 Å². The number of halogens is 1. The largest absolute Gasteiger partial charge is 0.480 e. The quantitative estimate of drug-likeness (QED) is 0.606. The van der Waals surface area contributed by atoms with Gasteiger partial charge < -0.3 is 10.4 Å². The first kappa shape index (κ1) is 23.3. The lowest BCUT2D eigenvalue weighted by molar-refractivity contribution is -0.138. The summed E-state index contributed by atoms with van der Waals surface area (Å²) in [7, 11) is -3.89. The lowest BCUT2D eigenvalue weighted by atomic mass is 10.1. The summed E-state index contributed by atoms with van der Waals surface area (Å²) in [5.74, 6) is -1.43. The van der Waals surface area contributed by atoms with E-state index in [0.29, 0.717) is 24.2 Å². The van der Waals surface area contributed by atoms with E-state index < -0.39 is 21.9 Å². The second kappa shape index (κ2) is 9.71. The Morgan fingerprint density at radius 3 is 2.32 bits per heavy atom. The monoisotopic (exact) mass is 393 g/mol. The fourth-order valence-electron chi connectivity index (χ4n) is 2.23. The molecule has 0 aromatic heterocycles. The molecule has 0 aliphatic heterocycles. The molecule has 4 N–H and O–H groups in total. The maximum Gasteiger partial charge on any atom is 0.317 e. The third-order valence-corrected chi connectivity index (χ3v) is 4.40. The minimum absolute atomic E-state index is 0. The molecule has 10 heteroatoms. The van der Waals surface area contributed by atoms with E-state index >= 15 is 0 Å². The van der Waals surface area contributed by atoms with Gasteiger partial charge in [-0.05, 0) is 50.1 Å².